The maximum Gasteiger partial charge on any atom is 0.267 e. The highest BCUT2D eigenvalue weighted by Gasteiger charge is 2.12. The van der Waals surface area contributed by atoms with Gasteiger partial charge in [0.25, 0.3) is 5.56 Å². The number of aryl methyl sites for hydroxylation is 2. The van der Waals surface area contributed by atoms with Crippen molar-refractivity contribution < 1.29 is 4.74 Å². The summed E-state index contributed by atoms with van der Waals surface area (Å²) in [5.41, 5.74) is 5.58. The van der Waals surface area contributed by atoms with Crippen molar-refractivity contribution in [3.8, 4) is 5.75 Å². The smallest absolute Gasteiger partial charge is 0.267 e. The predicted octanol–water partition coefficient (Wildman–Crippen LogP) is 3.26. The number of ether oxygens (including phenoxy) is 1. The zero-order chi connectivity index (χ0) is 16.4. The van der Waals surface area contributed by atoms with Crippen LogP contribution in [0.25, 0.3) is 5.57 Å². The molecule has 0 bridgehead atoms. The largest absolute Gasteiger partial charge is 0.496 e. The van der Waals surface area contributed by atoms with Crippen molar-refractivity contribution in [1.82, 2.24) is 9.78 Å². The van der Waals surface area contributed by atoms with Gasteiger partial charge in [0, 0.05) is 11.6 Å². The highest BCUT2D eigenvalue weighted by Crippen LogP contribution is 2.24. The predicted molar refractivity (Wildman–Crippen MR) is 89.5 cm³/mol. The van der Waals surface area contributed by atoms with Gasteiger partial charge in [0.05, 0.1) is 19.3 Å². The average Bonchev–Trinajstić information content (AvgIpc) is 2.46. The third kappa shape index (κ3) is 2.96. The summed E-state index contributed by atoms with van der Waals surface area (Å²) in [5, 5.41) is 4.43. The molecule has 0 aliphatic carbocycles. The molecule has 0 saturated heterocycles. The lowest BCUT2D eigenvalue weighted by Gasteiger charge is -2.15. The normalized spacial score (nSPS) is 10.6. The van der Waals surface area contributed by atoms with E-state index in [1.54, 1.807) is 13.2 Å². The minimum Gasteiger partial charge on any atom is -0.496 e. The summed E-state index contributed by atoms with van der Waals surface area (Å²) >= 11 is 0. The molecule has 0 amide bonds. The van der Waals surface area contributed by atoms with Gasteiger partial charge in [-0.3, -0.25) is 4.79 Å². The lowest BCUT2D eigenvalue weighted by atomic mass is 10.0. The molecule has 1 heterocycles. The summed E-state index contributed by atoms with van der Waals surface area (Å²) in [5.74, 6) is 0.823. The van der Waals surface area contributed by atoms with Crippen LogP contribution in [-0.4, -0.2) is 16.9 Å². The Labute approximate surface area is 131 Å². The molecule has 0 unspecified atom stereocenters. The van der Waals surface area contributed by atoms with Crippen molar-refractivity contribution in [2.75, 3.05) is 7.11 Å². The molecular weight excluding hydrogens is 276 g/mol. The Morgan fingerprint density at radius 2 is 2.00 bits per heavy atom. The van der Waals surface area contributed by atoms with E-state index in [0.717, 1.165) is 39.3 Å². The fourth-order valence-corrected chi connectivity index (χ4v) is 2.62. The lowest BCUT2D eigenvalue weighted by Crippen LogP contribution is -2.25. The fraction of sp³-hybridized carbons (Fsp3) is 0.333. The molecule has 1 aromatic heterocycles. The van der Waals surface area contributed by atoms with Crippen molar-refractivity contribution >= 4 is 5.57 Å². The van der Waals surface area contributed by atoms with Gasteiger partial charge in [0.1, 0.15) is 5.75 Å². The molecule has 0 aliphatic rings. The average molecular weight is 298 g/mol. The number of methoxy groups -OCH3 is 1. The van der Waals surface area contributed by atoms with Crippen molar-refractivity contribution in [1.29, 1.82) is 0 Å². The summed E-state index contributed by atoms with van der Waals surface area (Å²) < 4.78 is 6.86. The highest BCUT2D eigenvalue weighted by atomic mass is 16.5. The number of aromatic nitrogens is 2. The molecule has 116 valence electrons. The molecule has 0 radical (unpaired) electrons. The van der Waals surface area contributed by atoms with E-state index in [9.17, 15) is 4.79 Å². The van der Waals surface area contributed by atoms with Crippen molar-refractivity contribution in [3.05, 3.63) is 63.1 Å². The molecule has 0 aliphatic heterocycles. The third-order valence-corrected chi connectivity index (χ3v) is 3.95. The number of rotatable bonds is 4. The quantitative estimate of drug-likeness (QED) is 0.870. The number of hydrogen-bond donors (Lipinski definition) is 0. The highest BCUT2D eigenvalue weighted by molar-refractivity contribution is 5.62. The molecule has 4 heteroatoms. The Kier molecular flexibility index (Phi) is 4.50. The zero-order valence-electron chi connectivity index (χ0n) is 13.9. The Morgan fingerprint density at radius 1 is 1.32 bits per heavy atom. The van der Waals surface area contributed by atoms with E-state index in [1.165, 1.54) is 4.68 Å². The molecule has 2 aromatic rings. The number of allylic oxidation sites excluding steroid dienone is 1. The maximum absolute atomic E-state index is 12.3. The van der Waals surface area contributed by atoms with E-state index in [1.807, 2.05) is 39.8 Å². The van der Waals surface area contributed by atoms with Gasteiger partial charge in [0.2, 0.25) is 0 Å². The first kappa shape index (κ1) is 16.0. The van der Waals surface area contributed by atoms with E-state index in [4.69, 9.17) is 4.74 Å². The topological polar surface area (TPSA) is 44.1 Å². The van der Waals surface area contributed by atoms with Crippen LogP contribution < -0.4 is 10.3 Å². The first-order valence-electron chi connectivity index (χ1n) is 7.23. The van der Waals surface area contributed by atoms with E-state index in [2.05, 4.69) is 11.7 Å². The molecule has 4 nitrogen and oxygen atoms in total. The second-order valence-electron chi connectivity index (χ2n) is 5.61. The first-order valence-corrected chi connectivity index (χ1v) is 7.23. The van der Waals surface area contributed by atoms with Crippen LogP contribution in [0.3, 0.4) is 0 Å². The molecule has 2 rings (SSSR count). The van der Waals surface area contributed by atoms with E-state index in [-0.39, 0.29) is 5.56 Å². The van der Waals surface area contributed by atoms with E-state index >= 15 is 0 Å². The maximum atomic E-state index is 12.3. The fourth-order valence-electron chi connectivity index (χ4n) is 2.62. The van der Waals surface area contributed by atoms with Crippen molar-refractivity contribution in [2.24, 2.45) is 0 Å². The van der Waals surface area contributed by atoms with E-state index < -0.39 is 0 Å². The second kappa shape index (κ2) is 6.18. The standard InChI is InChI=1S/C18H22N2O2/c1-11(2)15-9-18(21)20(19-14(15)5)10-16-12(3)7-8-17(22-6)13(16)4/h7-9H,1,10H2,2-6H3. The van der Waals surface area contributed by atoms with Gasteiger partial charge >= 0.3 is 0 Å². The summed E-state index contributed by atoms with van der Waals surface area (Å²) in [6.45, 7) is 12.1. The Bertz CT molecular complexity index is 788. The van der Waals surface area contributed by atoms with Crippen LogP contribution in [0, 0.1) is 20.8 Å². The van der Waals surface area contributed by atoms with Crippen LogP contribution in [0.1, 0.15) is 34.9 Å². The number of hydrogen-bond acceptors (Lipinski definition) is 3. The molecular formula is C18H22N2O2. The Balaban J connectivity index is 2.51. The third-order valence-electron chi connectivity index (χ3n) is 3.95. The van der Waals surface area contributed by atoms with Crippen LogP contribution in [0.15, 0.2) is 29.6 Å². The number of nitrogens with zero attached hydrogens (tertiary/aromatic N) is 2. The molecule has 0 atom stereocenters. The minimum atomic E-state index is -0.120. The van der Waals surface area contributed by atoms with Gasteiger partial charge in [-0.25, -0.2) is 4.68 Å². The lowest BCUT2D eigenvalue weighted by molar-refractivity contribution is 0.410. The summed E-state index contributed by atoms with van der Waals surface area (Å²) in [6.07, 6.45) is 0. The zero-order valence-corrected chi connectivity index (χ0v) is 13.9. The second-order valence-corrected chi connectivity index (χ2v) is 5.61. The van der Waals surface area contributed by atoms with Crippen molar-refractivity contribution in [3.63, 3.8) is 0 Å². The van der Waals surface area contributed by atoms with Gasteiger partial charge in [-0.2, -0.15) is 5.10 Å². The van der Waals surface area contributed by atoms with Crippen LogP contribution in [0.2, 0.25) is 0 Å². The molecule has 0 saturated carbocycles. The Morgan fingerprint density at radius 3 is 2.59 bits per heavy atom. The summed E-state index contributed by atoms with van der Waals surface area (Å²) in [6, 6.07) is 5.55. The first-order chi connectivity index (χ1) is 10.3. The number of benzene rings is 1. The summed E-state index contributed by atoms with van der Waals surface area (Å²) in [7, 11) is 1.65. The molecule has 22 heavy (non-hydrogen) atoms. The van der Waals surface area contributed by atoms with Gasteiger partial charge in [0.15, 0.2) is 0 Å². The SMILES string of the molecule is C=C(C)c1cc(=O)n(Cc2c(C)ccc(OC)c2C)nc1C. The molecule has 0 fully saturated rings. The molecule has 0 spiro atoms. The van der Waals surface area contributed by atoms with Gasteiger partial charge in [-0.1, -0.05) is 12.6 Å². The van der Waals surface area contributed by atoms with E-state index in [0.29, 0.717) is 6.54 Å². The van der Waals surface area contributed by atoms with Crippen LogP contribution in [0.4, 0.5) is 0 Å². The van der Waals surface area contributed by atoms with Gasteiger partial charge in [-0.05, 0) is 56.0 Å². The monoisotopic (exact) mass is 298 g/mol. The van der Waals surface area contributed by atoms with Crippen LogP contribution in [0.5, 0.6) is 5.75 Å². The van der Waals surface area contributed by atoms with Crippen LogP contribution in [-0.2, 0) is 6.54 Å². The molecule has 0 N–H and O–H groups in total. The van der Waals surface area contributed by atoms with Gasteiger partial charge in [-0.15, -0.1) is 0 Å². The van der Waals surface area contributed by atoms with Crippen LogP contribution >= 0.6 is 0 Å². The van der Waals surface area contributed by atoms with Gasteiger partial charge < -0.3 is 4.74 Å². The minimum absolute atomic E-state index is 0.120. The Hall–Kier alpha value is -2.36. The van der Waals surface area contributed by atoms with Crippen molar-refractivity contribution in [2.45, 2.75) is 34.2 Å². The summed E-state index contributed by atoms with van der Waals surface area (Å²) in [4.78, 5) is 12.3. The molecule has 1 aromatic carbocycles.